The van der Waals surface area contributed by atoms with E-state index in [0.717, 1.165) is 16.9 Å². The molecular formula is C22H22O2. The summed E-state index contributed by atoms with van der Waals surface area (Å²) in [6, 6.07) is 24.3. The standard InChI is InChI=1S/C22H22O2/c1-2-24-21-15-19(13-17-9-5-3-6-10-17)22(23)20(16-21)14-18-11-7-4-8-12-18/h3-12,15-16,23H,2,13-14H2,1H3. The van der Waals surface area contributed by atoms with Gasteiger partial charge < -0.3 is 9.84 Å². The van der Waals surface area contributed by atoms with Crippen LogP contribution >= 0.6 is 0 Å². The molecule has 0 saturated heterocycles. The van der Waals surface area contributed by atoms with Gasteiger partial charge in [0.05, 0.1) is 6.61 Å². The average molecular weight is 318 g/mol. The normalized spacial score (nSPS) is 10.5. The lowest BCUT2D eigenvalue weighted by molar-refractivity contribution is 0.338. The molecule has 3 rings (SSSR count). The molecule has 0 aliphatic heterocycles. The molecule has 0 atom stereocenters. The number of aromatic hydroxyl groups is 1. The van der Waals surface area contributed by atoms with Gasteiger partial charge in [-0.05, 0) is 30.2 Å². The number of benzene rings is 3. The van der Waals surface area contributed by atoms with Crippen LogP contribution in [0, 0.1) is 0 Å². The summed E-state index contributed by atoms with van der Waals surface area (Å²) in [5, 5.41) is 10.7. The van der Waals surface area contributed by atoms with Gasteiger partial charge in [-0.2, -0.15) is 0 Å². The predicted octanol–water partition coefficient (Wildman–Crippen LogP) is 4.97. The van der Waals surface area contributed by atoms with Gasteiger partial charge in [0.1, 0.15) is 11.5 Å². The van der Waals surface area contributed by atoms with Gasteiger partial charge >= 0.3 is 0 Å². The van der Waals surface area contributed by atoms with Crippen molar-refractivity contribution in [2.24, 2.45) is 0 Å². The Morgan fingerprint density at radius 1 is 0.750 bits per heavy atom. The summed E-state index contributed by atoms with van der Waals surface area (Å²) in [5.74, 6) is 1.18. The Balaban J connectivity index is 1.95. The van der Waals surface area contributed by atoms with Gasteiger partial charge in [0.2, 0.25) is 0 Å². The van der Waals surface area contributed by atoms with Crippen LogP contribution in [0.2, 0.25) is 0 Å². The van der Waals surface area contributed by atoms with Crippen molar-refractivity contribution < 1.29 is 9.84 Å². The Bertz CT molecular complexity index is 717. The van der Waals surface area contributed by atoms with E-state index in [1.165, 1.54) is 11.1 Å². The Kier molecular flexibility index (Phi) is 5.17. The smallest absolute Gasteiger partial charge is 0.122 e. The van der Waals surface area contributed by atoms with Gasteiger partial charge in [0, 0.05) is 24.0 Å². The molecule has 0 unspecified atom stereocenters. The summed E-state index contributed by atoms with van der Waals surface area (Å²) in [6.45, 7) is 2.58. The van der Waals surface area contributed by atoms with E-state index in [-0.39, 0.29) is 0 Å². The highest BCUT2D eigenvalue weighted by Crippen LogP contribution is 2.32. The number of phenols is 1. The quantitative estimate of drug-likeness (QED) is 0.695. The van der Waals surface area contributed by atoms with Crippen LogP contribution in [0.3, 0.4) is 0 Å². The second-order valence-corrected chi connectivity index (χ2v) is 5.85. The maximum Gasteiger partial charge on any atom is 0.122 e. The van der Waals surface area contributed by atoms with Gasteiger partial charge in [-0.3, -0.25) is 0 Å². The summed E-state index contributed by atoms with van der Waals surface area (Å²) in [6.07, 6.45) is 1.38. The minimum atomic E-state index is 0.367. The third-order valence-electron chi connectivity index (χ3n) is 4.03. The fourth-order valence-electron chi connectivity index (χ4n) is 2.88. The van der Waals surface area contributed by atoms with Crippen LogP contribution < -0.4 is 4.74 Å². The second kappa shape index (κ2) is 7.69. The summed E-state index contributed by atoms with van der Waals surface area (Å²) in [7, 11) is 0. The maximum atomic E-state index is 10.7. The van der Waals surface area contributed by atoms with E-state index >= 15 is 0 Å². The van der Waals surface area contributed by atoms with Gasteiger partial charge in [-0.25, -0.2) is 0 Å². The molecule has 0 aliphatic rings. The van der Waals surface area contributed by atoms with Crippen LogP contribution in [0.15, 0.2) is 72.8 Å². The predicted molar refractivity (Wildman–Crippen MR) is 97.8 cm³/mol. The van der Waals surface area contributed by atoms with Crippen molar-refractivity contribution in [2.75, 3.05) is 6.61 Å². The van der Waals surface area contributed by atoms with Crippen molar-refractivity contribution >= 4 is 0 Å². The van der Waals surface area contributed by atoms with Gasteiger partial charge in [-0.1, -0.05) is 60.7 Å². The minimum absolute atomic E-state index is 0.367. The molecule has 122 valence electrons. The van der Waals surface area contributed by atoms with Crippen LogP contribution in [-0.2, 0) is 12.8 Å². The molecule has 0 spiro atoms. The number of phenolic OH excluding ortho intramolecular Hbond substituents is 1. The first kappa shape index (κ1) is 16.1. The molecule has 0 aromatic heterocycles. The van der Waals surface area contributed by atoms with E-state index in [2.05, 4.69) is 24.3 Å². The molecule has 0 bridgehead atoms. The maximum absolute atomic E-state index is 10.7. The van der Waals surface area contributed by atoms with E-state index in [0.29, 0.717) is 25.2 Å². The highest BCUT2D eigenvalue weighted by Gasteiger charge is 2.12. The summed E-state index contributed by atoms with van der Waals surface area (Å²) >= 11 is 0. The Morgan fingerprint density at radius 3 is 1.62 bits per heavy atom. The second-order valence-electron chi connectivity index (χ2n) is 5.85. The van der Waals surface area contributed by atoms with Crippen molar-refractivity contribution in [1.82, 2.24) is 0 Å². The molecule has 0 saturated carbocycles. The minimum Gasteiger partial charge on any atom is -0.507 e. The molecule has 0 radical (unpaired) electrons. The van der Waals surface area contributed by atoms with E-state index in [1.807, 2.05) is 55.5 Å². The third-order valence-corrected chi connectivity index (χ3v) is 4.03. The fourth-order valence-corrected chi connectivity index (χ4v) is 2.88. The van der Waals surface area contributed by atoms with Gasteiger partial charge in [-0.15, -0.1) is 0 Å². The largest absolute Gasteiger partial charge is 0.507 e. The first-order valence-electron chi connectivity index (χ1n) is 8.31. The van der Waals surface area contributed by atoms with Crippen molar-refractivity contribution in [3.05, 3.63) is 95.1 Å². The zero-order valence-corrected chi connectivity index (χ0v) is 13.9. The van der Waals surface area contributed by atoms with E-state index in [1.54, 1.807) is 0 Å². The van der Waals surface area contributed by atoms with Crippen LogP contribution in [0.25, 0.3) is 0 Å². The summed E-state index contributed by atoms with van der Waals surface area (Å²) in [5.41, 5.74) is 4.15. The fraction of sp³-hybridized carbons (Fsp3) is 0.182. The molecule has 0 aliphatic carbocycles. The number of rotatable bonds is 6. The summed E-state index contributed by atoms with van der Waals surface area (Å²) < 4.78 is 5.71. The molecule has 24 heavy (non-hydrogen) atoms. The van der Waals surface area contributed by atoms with Crippen LogP contribution in [0.1, 0.15) is 29.2 Å². The van der Waals surface area contributed by atoms with E-state index < -0.39 is 0 Å². The van der Waals surface area contributed by atoms with Crippen LogP contribution in [-0.4, -0.2) is 11.7 Å². The molecular weight excluding hydrogens is 296 g/mol. The van der Waals surface area contributed by atoms with E-state index in [4.69, 9.17) is 4.74 Å². The van der Waals surface area contributed by atoms with Crippen LogP contribution in [0.5, 0.6) is 11.5 Å². The first-order chi connectivity index (χ1) is 11.8. The molecule has 2 nitrogen and oxygen atoms in total. The zero-order valence-electron chi connectivity index (χ0n) is 13.9. The van der Waals surface area contributed by atoms with Crippen LogP contribution in [0.4, 0.5) is 0 Å². The average Bonchev–Trinajstić information content (AvgIpc) is 2.61. The van der Waals surface area contributed by atoms with Crippen molar-refractivity contribution in [1.29, 1.82) is 0 Å². The Morgan fingerprint density at radius 2 is 1.21 bits per heavy atom. The molecule has 3 aromatic rings. The van der Waals surface area contributed by atoms with Crippen molar-refractivity contribution in [2.45, 2.75) is 19.8 Å². The Labute approximate surface area is 143 Å². The van der Waals surface area contributed by atoms with E-state index in [9.17, 15) is 5.11 Å². The number of ether oxygens (including phenoxy) is 1. The molecule has 3 aromatic carbocycles. The molecule has 0 amide bonds. The monoisotopic (exact) mass is 318 g/mol. The third kappa shape index (κ3) is 3.96. The lowest BCUT2D eigenvalue weighted by Crippen LogP contribution is -1.99. The van der Waals surface area contributed by atoms with Crippen molar-refractivity contribution in [3.63, 3.8) is 0 Å². The summed E-state index contributed by atoms with van der Waals surface area (Å²) in [4.78, 5) is 0. The number of hydrogen-bond acceptors (Lipinski definition) is 2. The van der Waals surface area contributed by atoms with Crippen molar-refractivity contribution in [3.8, 4) is 11.5 Å². The lowest BCUT2D eigenvalue weighted by Gasteiger charge is -2.14. The molecule has 2 heteroatoms. The first-order valence-corrected chi connectivity index (χ1v) is 8.31. The molecule has 0 heterocycles. The van der Waals surface area contributed by atoms with Gasteiger partial charge in [0.15, 0.2) is 0 Å². The zero-order chi connectivity index (χ0) is 16.8. The topological polar surface area (TPSA) is 29.5 Å². The lowest BCUT2D eigenvalue weighted by atomic mass is 9.97. The SMILES string of the molecule is CCOc1cc(Cc2ccccc2)c(O)c(Cc2ccccc2)c1. The Hall–Kier alpha value is -2.74. The van der Waals surface area contributed by atoms with Gasteiger partial charge in [0.25, 0.3) is 0 Å². The molecule has 0 fully saturated rings. The highest BCUT2D eigenvalue weighted by molar-refractivity contribution is 5.50. The highest BCUT2D eigenvalue weighted by atomic mass is 16.5. The number of hydrogen-bond donors (Lipinski definition) is 1. The molecule has 1 N–H and O–H groups in total.